The fourth-order valence-electron chi connectivity index (χ4n) is 3.09. The summed E-state index contributed by atoms with van der Waals surface area (Å²) >= 11 is 3.48. The van der Waals surface area contributed by atoms with Crippen molar-refractivity contribution in [2.75, 3.05) is 25.9 Å². The Morgan fingerprint density at radius 1 is 1.33 bits per heavy atom. The van der Waals surface area contributed by atoms with Gasteiger partial charge in [0.15, 0.2) is 5.96 Å². The van der Waals surface area contributed by atoms with Crippen LogP contribution in [0, 0.1) is 6.92 Å². The van der Waals surface area contributed by atoms with E-state index in [4.69, 9.17) is 0 Å². The lowest BCUT2D eigenvalue weighted by molar-refractivity contribution is 0.306. The Morgan fingerprint density at radius 2 is 2.00 bits per heavy atom. The molecule has 1 aliphatic heterocycles. The number of halogens is 2. The van der Waals surface area contributed by atoms with E-state index in [1.165, 1.54) is 11.1 Å². The van der Waals surface area contributed by atoms with Gasteiger partial charge >= 0.3 is 0 Å². The van der Waals surface area contributed by atoms with Crippen LogP contribution in [-0.2, 0) is 16.6 Å². The third kappa shape index (κ3) is 7.51. The van der Waals surface area contributed by atoms with Crippen LogP contribution in [0.3, 0.4) is 0 Å². The molecular weight excluding hydrogens is 543 g/mol. The molecule has 0 spiro atoms. The van der Waals surface area contributed by atoms with Gasteiger partial charge in [-0.15, -0.1) is 24.0 Å². The van der Waals surface area contributed by atoms with Crippen LogP contribution in [0.25, 0.3) is 0 Å². The summed E-state index contributed by atoms with van der Waals surface area (Å²) in [5.74, 6) is 0.989. The second kappa shape index (κ2) is 11.6. The van der Waals surface area contributed by atoms with E-state index in [2.05, 4.69) is 50.6 Å². The van der Waals surface area contributed by atoms with Gasteiger partial charge in [0, 0.05) is 37.2 Å². The van der Waals surface area contributed by atoms with Gasteiger partial charge in [-0.1, -0.05) is 28.9 Å². The molecule has 0 atom stereocenters. The molecule has 0 aromatic heterocycles. The average molecular weight is 573 g/mol. The van der Waals surface area contributed by atoms with E-state index < -0.39 is 10.0 Å². The Labute approximate surface area is 188 Å². The van der Waals surface area contributed by atoms with Gasteiger partial charge in [-0.25, -0.2) is 12.7 Å². The molecule has 0 radical (unpaired) electrons. The quantitative estimate of drug-likeness (QED) is 0.312. The molecule has 2 rings (SSSR count). The number of aliphatic imine (C=N–C) groups is 1. The van der Waals surface area contributed by atoms with E-state index in [9.17, 15) is 8.42 Å². The number of nitrogens with zero attached hydrogens (tertiary/aromatic N) is 2. The molecule has 0 saturated carbocycles. The predicted molar refractivity (Wildman–Crippen MR) is 126 cm³/mol. The second-order valence-electron chi connectivity index (χ2n) is 6.63. The standard InChI is InChI=1S/C18H29BrN4O2S.HI/c1-4-11-26(24,25)23-9-7-17(8-10-23)22-18(20-3)21-13-15-5-6-16(19)12-14(15)2;/h5-6,12,17H,4,7-11,13H2,1-3H3,(H2,20,21,22);1H. The Morgan fingerprint density at radius 3 is 2.56 bits per heavy atom. The lowest BCUT2D eigenvalue weighted by Gasteiger charge is -2.32. The van der Waals surface area contributed by atoms with Crippen molar-refractivity contribution < 1.29 is 8.42 Å². The lowest BCUT2D eigenvalue weighted by Crippen LogP contribution is -2.49. The topological polar surface area (TPSA) is 73.8 Å². The van der Waals surface area contributed by atoms with Crippen molar-refractivity contribution in [3.05, 3.63) is 33.8 Å². The van der Waals surface area contributed by atoms with Crippen molar-refractivity contribution in [3.8, 4) is 0 Å². The van der Waals surface area contributed by atoms with Gasteiger partial charge in [-0.3, -0.25) is 4.99 Å². The van der Waals surface area contributed by atoms with Crippen molar-refractivity contribution in [3.63, 3.8) is 0 Å². The molecule has 9 heteroatoms. The Balaban J connectivity index is 0.00000364. The van der Waals surface area contributed by atoms with Crippen LogP contribution in [0.2, 0.25) is 0 Å². The fraction of sp³-hybridized carbons (Fsp3) is 0.611. The maximum absolute atomic E-state index is 12.2. The van der Waals surface area contributed by atoms with E-state index in [-0.39, 0.29) is 35.8 Å². The monoisotopic (exact) mass is 572 g/mol. The third-order valence-corrected chi connectivity index (χ3v) is 7.19. The number of rotatable bonds is 6. The highest BCUT2D eigenvalue weighted by molar-refractivity contribution is 14.0. The maximum Gasteiger partial charge on any atom is 0.214 e. The van der Waals surface area contributed by atoms with Crippen molar-refractivity contribution in [2.45, 2.75) is 45.7 Å². The Hall–Kier alpha value is -0.390. The lowest BCUT2D eigenvalue weighted by atomic mass is 10.1. The summed E-state index contributed by atoms with van der Waals surface area (Å²) in [6.45, 7) is 5.83. The highest BCUT2D eigenvalue weighted by Crippen LogP contribution is 2.16. The van der Waals surface area contributed by atoms with Gasteiger partial charge in [0.05, 0.1) is 5.75 Å². The van der Waals surface area contributed by atoms with Crippen LogP contribution in [0.4, 0.5) is 0 Å². The summed E-state index contributed by atoms with van der Waals surface area (Å²) in [4.78, 5) is 4.29. The molecule has 1 saturated heterocycles. The number of nitrogens with one attached hydrogen (secondary N) is 2. The van der Waals surface area contributed by atoms with E-state index in [0.29, 0.717) is 26.1 Å². The zero-order valence-electron chi connectivity index (χ0n) is 16.2. The highest BCUT2D eigenvalue weighted by atomic mass is 127. The van der Waals surface area contributed by atoms with Gasteiger partial charge in [-0.05, 0) is 49.4 Å². The molecular formula is C18H30BrIN4O2S. The molecule has 2 N–H and O–H groups in total. The zero-order chi connectivity index (χ0) is 19.2. The summed E-state index contributed by atoms with van der Waals surface area (Å²) in [6.07, 6.45) is 2.24. The summed E-state index contributed by atoms with van der Waals surface area (Å²) in [5.41, 5.74) is 2.44. The van der Waals surface area contributed by atoms with Crippen LogP contribution in [0.5, 0.6) is 0 Å². The summed E-state index contributed by atoms with van der Waals surface area (Å²) in [5, 5.41) is 6.77. The Bertz CT molecular complexity index is 735. The fourth-order valence-corrected chi connectivity index (χ4v) is 5.11. The van der Waals surface area contributed by atoms with Gasteiger partial charge < -0.3 is 10.6 Å². The molecule has 6 nitrogen and oxygen atoms in total. The van der Waals surface area contributed by atoms with Crippen molar-refractivity contribution >= 4 is 55.9 Å². The molecule has 0 unspecified atom stereocenters. The SMILES string of the molecule is CCCS(=O)(=O)N1CCC(NC(=NC)NCc2ccc(Br)cc2C)CC1.I. The third-order valence-electron chi connectivity index (χ3n) is 4.62. The van der Waals surface area contributed by atoms with Crippen molar-refractivity contribution in [2.24, 2.45) is 4.99 Å². The normalized spacial score (nSPS) is 16.7. The van der Waals surface area contributed by atoms with Crippen LogP contribution >= 0.6 is 39.9 Å². The molecule has 0 aliphatic carbocycles. The molecule has 1 fully saturated rings. The number of hydrogen-bond acceptors (Lipinski definition) is 3. The smallest absolute Gasteiger partial charge is 0.214 e. The summed E-state index contributed by atoms with van der Waals surface area (Å²) in [6, 6.07) is 6.46. The maximum atomic E-state index is 12.2. The first-order valence-corrected chi connectivity index (χ1v) is 11.5. The van der Waals surface area contributed by atoms with Gasteiger partial charge in [0.1, 0.15) is 0 Å². The average Bonchev–Trinajstić information content (AvgIpc) is 2.60. The van der Waals surface area contributed by atoms with Gasteiger partial charge in [0.25, 0.3) is 0 Å². The first-order valence-electron chi connectivity index (χ1n) is 9.05. The van der Waals surface area contributed by atoms with Crippen LogP contribution in [0.15, 0.2) is 27.7 Å². The Kier molecular flexibility index (Phi) is 10.6. The predicted octanol–water partition coefficient (Wildman–Crippen LogP) is 3.24. The first kappa shape index (κ1) is 24.6. The minimum Gasteiger partial charge on any atom is -0.354 e. The number of piperidine rings is 1. The minimum atomic E-state index is -3.09. The van der Waals surface area contributed by atoms with Crippen molar-refractivity contribution in [1.82, 2.24) is 14.9 Å². The number of aryl methyl sites for hydroxylation is 1. The van der Waals surface area contributed by atoms with Crippen LogP contribution in [-0.4, -0.2) is 50.6 Å². The highest BCUT2D eigenvalue weighted by Gasteiger charge is 2.27. The second-order valence-corrected chi connectivity index (χ2v) is 9.63. The van der Waals surface area contributed by atoms with E-state index >= 15 is 0 Å². The molecule has 1 aromatic carbocycles. The van der Waals surface area contributed by atoms with Crippen molar-refractivity contribution in [1.29, 1.82) is 0 Å². The number of benzene rings is 1. The largest absolute Gasteiger partial charge is 0.354 e. The van der Waals surface area contributed by atoms with E-state index in [1.807, 2.05) is 13.0 Å². The molecule has 154 valence electrons. The van der Waals surface area contributed by atoms with Crippen LogP contribution in [0.1, 0.15) is 37.3 Å². The first-order chi connectivity index (χ1) is 12.4. The van der Waals surface area contributed by atoms with E-state index in [1.54, 1.807) is 11.4 Å². The number of sulfonamides is 1. The van der Waals surface area contributed by atoms with E-state index in [0.717, 1.165) is 23.3 Å². The number of hydrogen-bond donors (Lipinski definition) is 2. The minimum absolute atomic E-state index is 0. The molecule has 0 amide bonds. The molecule has 1 aliphatic rings. The molecule has 0 bridgehead atoms. The summed E-state index contributed by atoms with van der Waals surface area (Å²) in [7, 11) is -1.33. The molecule has 1 aromatic rings. The molecule has 1 heterocycles. The number of guanidine groups is 1. The molecule has 27 heavy (non-hydrogen) atoms. The summed E-state index contributed by atoms with van der Waals surface area (Å²) < 4.78 is 27.0. The zero-order valence-corrected chi connectivity index (χ0v) is 20.9. The van der Waals surface area contributed by atoms with Crippen LogP contribution < -0.4 is 10.6 Å². The van der Waals surface area contributed by atoms with Gasteiger partial charge in [0.2, 0.25) is 10.0 Å². The van der Waals surface area contributed by atoms with Gasteiger partial charge in [-0.2, -0.15) is 0 Å².